The van der Waals surface area contributed by atoms with Crippen LogP contribution in [-0.2, 0) is 17.6 Å². The van der Waals surface area contributed by atoms with Crippen molar-refractivity contribution in [3.8, 4) is 5.69 Å². The lowest BCUT2D eigenvalue weighted by molar-refractivity contribution is 0.0957. The van der Waals surface area contributed by atoms with E-state index >= 15 is 0 Å². The maximum absolute atomic E-state index is 6.51. The molecule has 2 aromatic carbocycles. The van der Waals surface area contributed by atoms with Crippen molar-refractivity contribution in [1.29, 1.82) is 0 Å². The van der Waals surface area contributed by atoms with Gasteiger partial charge in [-0.1, -0.05) is 76.9 Å². The number of aromatic nitrogens is 4. The molecule has 178 valence electrons. The molecule has 0 bridgehead atoms. The topological polar surface area (TPSA) is 78.8 Å². The Morgan fingerprint density at radius 1 is 1.09 bits per heavy atom. The summed E-state index contributed by atoms with van der Waals surface area (Å²) in [5, 5.41) is 7.55. The molecule has 10 heteroatoms. The van der Waals surface area contributed by atoms with E-state index in [9.17, 15) is 0 Å². The van der Waals surface area contributed by atoms with Crippen molar-refractivity contribution in [2.24, 2.45) is 5.73 Å². The molecule has 6 nitrogen and oxygen atoms in total. The second-order valence-corrected chi connectivity index (χ2v) is 10.0. The van der Waals surface area contributed by atoms with Gasteiger partial charge in [-0.2, -0.15) is 5.10 Å². The van der Waals surface area contributed by atoms with E-state index in [0.29, 0.717) is 44.5 Å². The lowest BCUT2D eigenvalue weighted by atomic mass is 10.0. The molecular formula is C24H24Cl3N5OS. The highest BCUT2D eigenvalue weighted by Gasteiger charge is 2.23. The number of methoxy groups -OCH3 is 1. The molecule has 2 N–H and O–H groups in total. The summed E-state index contributed by atoms with van der Waals surface area (Å²) in [4.78, 5) is 9.45. The van der Waals surface area contributed by atoms with Gasteiger partial charge in [-0.05, 0) is 43.9 Å². The molecule has 4 rings (SSSR count). The molecule has 0 saturated carbocycles. The zero-order valence-corrected chi connectivity index (χ0v) is 21.8. The van der Waals surface area contributed by atoms with E-state index in [1.165, 1.54) is 17.3 Å². The van der Waals surface area contributed by atoms with Crippen LogP contribution in [0.15, 0.2) is 47.5 Å². The Kier molecular flexibility index (Phi) is 8.34. The summed E-state index contributed by atoms with van der Waals surface area (Å²) in [5.74, 6) is 0.988. The molecular weight excluding hydrogens is 513 g/mol. The molecule has 0 aliphatic heterocycles. The Labute approximate surface area is 217 Å². The standard InChI is InChI=1S/C24H24Cl3N5OS/c1-14-29-20(9-8-17(33-2)10-15-6-4-3-5-7-15)21-23(30-14)32(31-24(21)34-13-28)22-18(26)11-16(25)12-19(22)27/h3-7,11-12,17H,8-10,13,28H2,1-2H3. The third-order valence-electron chi connectivity index (χ3n) is 5.44. The Morgan fingerprint density at radius 2 is 1.79 bits per heavy atom. The van der Waals surface area contributed by atoms with Crippen molar-refractivity contribution in [2.75, 3.05) is 13.0 Å². The van der Waals surface area contributed by atoms with Crippen molar-refractivity contribution < 1.29 is 4.74 Å². The first-order chi connectivity index (χ1) is 16.4. The fraction of sp³-hybridized carbons (Fsp3) is 0.292. The Balaban J connectivity index is 1.75. The zero-order valence-electron chi connectivity index (χ0n) is 18.8. The van der Waals surface area contributed by atoms with Crippen LogP contribution in [0.5, 0.6) is 0 Å². The molecule has 34 heavy (non-hydrogen) atoms. The number of thioether (sulfide) groups is 1. The van der Waals surface area contributed by atoms with Crippen LogP contribution < -0.4 is 5.73 Å². The fourth-order valence-electron chi connectivity index (χ4n) is 3.91. The minimum atomic E-state index is 0.0496. The molecule has 0 spiro atoms. The highest BCUT2D eigenvalue weighted by molar-refractivity contribution is 7.99. The highest BCUT2D eigenvalue weighted by atomic mass is 35.5. The molecule has 1 unspecified atom stereocenters. The number of nitrogens with two attached hydrogens (primary N) is 1. The molecule has 0 aliphatic rings. The quantitative estimate of drug-likeness (QED) is 0.200. The van der Waals surface area contributed by atoms with Crippen LogP contribution in [0.4, 0.5) is 0 Å². The number of halogens is 3. The average Bonchev–Trinajstić information content (AvgIpc) is 3.14. The van der Waals surface area contributed by atoms with Crippen molar-refractivity contribution in [2.45, 2.75) is 37.3 Å². The SMILES string of the molecule is COC(CCc1nc(C)nc2c1c(SCN)nn2-c1c(Cl)cc(Cl)cc1Cl)Cc1ccccc1. The van der Waals surface area contributed by atoms with Crippen LogP contribution in [-0.4, -0.2) is 38.8 Å². The number of benzene rings is 2. The number of hydrogen-bond donors (Lipinski definition) is 1. The summed E-state index contributed by atoms with van der Waals surface area (Å²) in [7, 11) is 1.74. The zero-order chi connectivity index (χ0) is 24.2. The van der Waals surface area contributed by atoms with Crippen LogP contribution in [0.1, 0.15) is 23.5 Å². The summed E-state index contributed by atoms with van der Waals surface area (Å²) >= 11 is 20.6. The van der Waals surface area contributed by atoms with Crippen LogP contribution in [0, 0.1) is 6.92 Å². The Hall–Kier alpha value is -1.87. The number of fused-ring (bicyclic) bond motifs is 1. The first-order valence-electron chi connectivity index (χ1n) is 10.7. The monoisotopic (exact) mass is 535 g/mol. The third-order valence-corrected chi connectivity index (χ3v) is 6.96. The average molecular weight is 537 g/mol. The molecule has 4 aromatic rings. The largest absolute Gasteiger partial charge is 0.381 e. The summed E-state index contributed by atoms with van der Waals surface area (Å²) in [5.41, 5.74) is 9.14. The number of rotatable bonds is 9. The summed E-state index contributed by atoms with van der Waals surface area (Å²) < 4.78 is 7.43. The lowest BCUT2D eigenvalue weighted by Gasteiger charge is -2.16. The first kappa shape index (κ1) is 25.2. The molecule has 1 atom stereocenters. The van der Waals surface area contributed by atoms with Crippen LogP contribution in [0.3, 0.4) is 0 Å². The van der Waals surface area contributed by atoms with Gasteiger partial charge in [0, 0.05) is 18.0 Å². The van der Waals surface area contributed by atoms with Gasteiger partial charge in [0.15, 0.2) is 5.65 Å². The number of hydrogen-bond acceptors (Lipinski definition) is 6. The molecule has 0 radical (unpaired) electrons. The van der Waals surface area contributed by atoms with E-state index in [-0.39, 0.29) is 6.10 Å². The minimum absolute atomic E-state index is 0.0496. The van der Waals surface area contributed by atoms with Gasteiger partial charge in [0.25, 0.3) is 0 Å². The van der Waals surface area contributed by atoms with Crippen molar-refractivity contribution in [3.63, 3.8) is 0 Å². The highest BCUT2D eigenvalue weighted by Crippen LogP contribution is 2.37. The molecule has 0 saturated heterocycles. The molecule has 2 aromatic heterocycles. The van der Waals surface area contributed by atoms with Crippen LogP contribution in [0.25, 0.3) is 16.7 Å². The number of aryl methyl sites for hydroxylation is 2. The molecule has 0 amide bonds. The number of nitrogens with zero attached hydrogens (tertiary/aromatic N) is 4. The van der Waals surface area contributed by atoms with E-state index in [2.05, 4.69) is 17.1 Å². The minimum Gasteiger partial charge on any atom is -0.381 e. The second-order valence-electron chi connectivity index (χ2n) is 7.75. The van der Waals surface area contributed by atoms with Gasteiger partial charge in [-0.25, -0.2) is 14.6 Å². The maximum Gasteiger partial charge on any atom is 0.168 e. The predicted octanol–water partition coefficient (Wildman–Crippen LogP) is 6.28. The summed E-state index contributed by atoms with van der Waals surface area (Å²) in [6.45, 7) is 1.86. The predicted molar refractivity (Wildman–Crippen MR) is 141 cm³/mol. The van der Waals surface area contributed by atoms with Crippen molar-refractivity contribution >= 4 is 57.6 Å². The van der Waals surface area contributed by atoms with E-state index in [0.717, 1.165) is 28.9 Å². The molecule has 0 aliphatic carbocycles. The third kappa shape index (κ3) is 5.51. The van der Waals surface area contributed by atoms with Crippen LogP contribution in [0.2, 0.25) is 15.1 Å². The van der Waals surface area contributed by atoms with Gasteiger partial charge in [0.05, 0.1) is 27.2 Å². The van der Waals surface area contributed by atoms with E-state index in [1.807, 2.05) is 25.1 Å². The lowest BCUT2D eigenvalue weighted by Crippen LogP contribution is -2.16. The Morgan fingerprint density at radius 3 is 2.44 bits per heavy atom. The fourth-order valence-corrected chi connectivity index (χ4v) is 5.53. The van der Waals surface area contributed by atoms with Gasteiger partial charge in [-0.15, -0.1) is 0 Å². The van der Waals surface area contributed by atoms with E-state index < -0.39 is 0 Å². The molecule has 2 heterocycles. The van der Waals surface area contributed by atoms with Gasteiger partial charge >= 0.3 is 0 Å². The van der Waals surface area contributed by atoms with Crippen LogP contribution >= 0.6 is 46.6 Å². The van der Waals surface area contributed by atoms with Gasteiger partial charge in [0.2, 0.25) is 0 Å². The number of ether oxygens (including phenoxy) is 1. The van der Waals surface area contributed by atoms with Gasteiger partial charge in [0.1, 0.15) is 16.5 Å². The van der Waals surface area contributed by atoms with Gasteiger partial charge < -0.3 is 10.5 Å². The van der Waals surface area contributed by atoms with E-state index in [4.69, 9.17) is 55.4 Å². The normalized spacial score (nSPS) is 12.4. The smallest absolute Gasteiger partial charge is 0.168 e. The van der Waals surface area contributed by atoms with Gasteiger partial charge in [-0.3, -0.25) is 0 Å². The van der Waals surface area contributed by atoms with E-state index in [1.54, 1.807) is 23.9 Å². The van der Waals surface area contributed by atoms with Crippen molar-refractivity contribution in [3.05, 3.63) is 74.6 Å². The van der Waals surface area contributed by atoms with Crippen molar-refractivity contribution in [1.82, 2.24) is 19.7 Å². The maximum atomic E-state index is 6.51. The Bertz CT molecular complexity index is 1280. The molecule has 0 fully saturated rings. The summed E-state index contributed by atoms with van der Waals surface area (Å²) in [6.07, 6.45) is 2.35. The second kappa shape index (κ2) is 11.2. The summed E-state index contributed by atoms with van der Waals surface area (Å²) in [6, 6.07) is 13.6. The first-order valence-corrected chi connectivity index (χ1v) is 12.8.